The van der Waals surface area contributed by atoms with E-state index in [1.54, 1.807) is 29.3 Å². The summed E-state index contributed by atoms with van der Waals surface area (Å²) >= 11 is 3.37. The van der Waals surface area contributed by atoms with E-state index in [1.807, 2.05) is 24.3 Å². The van der Waals surface area contributed by atoms with Gasteiger partial charge in [0.25, 0.3) is 0 Å². The molecule has 0 aliphatic carbocycles. The molecule has 22 heavy (non-hydrogen) atoms. The van der Waals surface area contributed by atoms with Gasteiger partial charge in [-0.1, -0.05) is 28.1 Å². The minimum Gasteiger partial charge on any atom is -0.507 e. The minimum absolute atomic E-state index is 0.132. The van der Waals surface area contributed by atoms with E-state index in [-0.39, 0.29) is 11.7 Å². The SMILES string of the molecule is O=C1CCCN1c1ccccc1N=Cc1cc(Br)ccc1O. The first kappa shape index (κ1) is 14.8. The first-order valence-corrected chi connectivity index (χ1v) is 7.86. The zero-order valence-corrected chi connectivity index (χ0v) is 13.5. The molecule has 1 aliphatic rings. The van der Waals surface area contributed by atoms with Crippen LogP contribution in [-0.2, 0) is 4.79 Å². The highest BCUT2D eigenvalue weighted by molar-refractivity contribution is 9.10. The van der Waals surface area contributed by atoms with Gasteiger partial charge in [0.15, 0.2) is 0 Å². The summed E-state index contributed by atoms with van der Waals surface area (Å²) in [6.07, 6.45) is 3.08. The van der Waals surface area contributed by atoms with Crippen LogP contribution in [0.25, 0.3) is 0 Å². The number of benzene rings is 2. The summed E-state index contributed by atoms with van der Waals surface area (Å²) in [6.45, 7) is 0.730. The number of amides is 1. The van der Waals surface area contributed by atoms with Crippen molar-refractivity contribution in [1.29, 1.82) is 0 Å². The maximum Gasteiger partial charge on any atom is 0.227 e. The molecule has 1 amide bonds. The average molecular weight is 359 g/mol. The number of halogens is 1. The van der Waals surface area contributed by atoms with Crippen molar-refractivity contribution in [2.75, 3.05) is 11.4 Å². The highest BCUT2D eigenvalue weighted by atomic mass is 79.9. The van der Waals surface area contributed by atoms with Gasteiger partial charge < -0.3 is 10.0 Å². The van der Waals surface area contributed by atoms with Crippen molar-refractivity contribution < 1.29 is 9.90 Å². The lowest BCUT2D eigenvalue weighted by molar-refractivity contribution is -0.117. The molecular weight excluding hydrogens is 344 g/mol. The Morgan fingerprint density at radius 3 is 2.82 bits per heavy atom. The number of para-hydroxylation sites is 2. The van der Waals surface area contributed by atoms with Gasteiger partial charge in [0, 0.05) is 29.2 Å². The molecular formula is C17H15BrN2O2. The minimum atomic E-state index is 0.132. The number of aliphatic imine (C=N–C) groups is 1. The van der Waals surface area contributed by atoms with E-state index in [4.69, 9.17) is 0 Å². The van der Waals surface area contributed by atoms with Crippen molar-refractivity contribution in [2.45, 2.75) is 12.8 Å². The van der Waals surface area contributed by atoms with E-state index in [9.17, 15) is 9.90 Å². The van der Waals surface area contributed by atoms with Crippen LogP contribution in [0.3, 0.4) is 0 Å². The summed E-state index contributed by atoms with van der Waals surface area (Å²) in [5, 5.41) is 9.86. The summed E-state index contributed by atoms with van der Waals surface area (Å²) in [5.74, 6) is 0.301. The standard InChI is InChI=1S/C17H15BrN2O2/c18-13-7-8-16(21)12(10-13)11-19-14-4-1-2-5-15(14)20-9-3-6-17(20)22/h1-2,4-5,7-8,10-11,21H,3,6,9H2. The quantitative estimate of drug-likeness (QED) is 0.842. The summed E-state index contributed by atoms with van der Waals surface area (Å²) in [4.78, 5) is 18.2. The number of anilines is 1. The van der Waals surface area contributed by atoms with Gasteiger partial charge >= 0.3 is 0 Å². The molecule has 1 saturated heterocycles. The molecule has 5 heteroatoms. The summed E-state index contributed by atoms with van der Waals surface area (Å²) < 4.78 is 0.870. The molecule has 0 atom stereocenters. The van der Waals surface area contributed by atoms with Crippen LogP contribution in [0, 0.1) is 0 Å². The Hall–Kier alpha value is -2.14. The van der Waals surface area contributed by atoms with Crippen molar-refractivity contribution in [3.05, 3.63) is 52.5 Å². The van der Waals surface area contributed by atoms with Gasteiger partial charge in [0.1, 0.15) is 5.75 Å². The fourth-order valence-electron chi connectivity index (χ4n) is 2.47. The number of hydrogen-bond acceptors (Lipinski definition) is 3. The number of rotatable bonds is 3. The smallest absolute Gasteiger partial charge is 0.227 e. The topological polar surface area (TPSA) is 52.9 Å². The lowest BCUT2D eigenvalue weighted by Crippen LogP contribution is -2.23. The van der Waals surface area contributed by atoms with Crippen molar-refractivity contribution >= 4 is 39.4 Å². The second kappa shape index (κ2) is 6.32. The number of aromatic hydroxyl groups is 1. The molecule has 1 N–H and O–H groups in total. The monoisotopic (exact) mass is 358 g/mol. The maximum absolute atomic E-state index is 11.9. The molecule has 0 radical (unpaired) electrons. The highest BCUT2D eigenvalue weighted by Gasteiger charge is 2.23. The zero-order chi connectivity index (χ0) is 15.5. The Labute approximate surface area is 137 Å². The number of hydrogen-bond donors (Lipinski definition) is 1. The number of carbonyl (C=O) groups excluding carboxylic acids is 1. The van der Waals surface area contributed by atoms with Crippen LogP contribution >= 0.6 is 15.9 Å². The third-order valence-corrected chi connectivity index (χ3v) is 4.07. The van der Waals surface area contributed by atoms with Crippen LogP contribution in [0.5, 0.6) is 5.75 Å². The molecule has 1 aliphatic heterocycles. The number of carbonyl (C=O) groups is 1. The third kappa shape index (κ3) is 3.04. The van der Waals surface area contributed by atoms with Crippen LogP contribution in [0.1, 0.15) is 18.4 Å². The van der Waals surface area contributed by atoms with Crippen LogP contribution in [0.2, 0.25) is 0 Å². The van der Waals surface area contributed by atoms with Gasteiger partial charge in [-0.3, -0.25) is 9.79 Å². The molecule has 0 spiro atoms. The van der Waals surface area contributed by atoms with Crippen molar-refractivity contribution in [3.8, 4) is 5.75 Å². The van der Waals surface area contributed by atoms with E-state index in [0.29, 0.717) is 12.0 Å². The van der Waals surface area contributed by atoms with Gasteiger partial charge in [-0.15, -0.1) is 0 Å². The molecule has 0 aromatic heterocycles. The number of phenolic OH excluding ortho intramolecular Hbond substituents is 1. The van der Waals surface area contributed by atoms with Crippen LogP contribution in [0.15, 0.2) is 51.9 Å². The predicted molar refractivity (Wildman–Crippen MR) is 91.1 cm³/mol. The molecule has 1 fully saturated rings. The highest BCUT2D eigenvalue weighted by Crippen LogP contribution is 2.31. The van der Waals surface area contributed by atoms with Crippen molar-refractivity contribution in [2.24, 2.45) is 4.99 Å². The van der Waals surface area contributed by atoms with E-state index in [1.165, 1.54) is 0 Å². The van der Waals surface area contributed by atoms with Crippen molar-refractivity contribution in [1.82, 2.24) is 0 Å². The molecule has 0 unspecified atom stereocenters. The number of phenols is 1. The Morgan fingerprint density at radius 2 is 2.05 bits per heavy atom. The van der Waals surface area contributed by atoms with Gasteiger partial charge in [0.05, 0.1) is 11.4 Å². The molecule has 112 valence electrons. The summed E-state index contributed by atoms with van der Waals surface area (Å²) in [7, 11) is 0. The summed E-state index contributed by atoms with van der Waals surface area (Å²) in [6, 6.07) is 12.7. The number of nitrogens with zero attached hydrogens (tertiary/aromatic N) is 2. The maximum atomic E-state index is 11.9. The lowest BCUT2D eigenvalue weighted by atomic mass is 10.2. The normalized spacial score (nSPS) is 15.0. The second-order valence-corrected chi connectivity index (χ2v) is 6.01. The third-order valence-electron chi connectivity index (χ3n) is 3.58. The molecule has 0 bridgehead atoms. The van der Waals surface area contributed by atoms with E-state index in [0.717, 1.165) is 28.8 Å². The van der Waals surface area contributed by atoms with Crippen LogP contribution < -0.4 is 4.90 Å². The Kier molecular flexibility index (Phi) is 4.24. The first-order chi connectivity index (χ1) is 10.6. The molecule has 3 rings (SSSR count). The van der Waals surface area contributed by atoms with Crippen molar-refractivity contribution in [3.63, 3.8) is 0 Å². The largest absolute Gasteiger partial charge is 0.507 e. The Bertz CT molecular complexity index is 743. The van der Waals surface area contributed by atoms with Gasteiger partial charge in [-0.25, -0.2) is 0 Å². The van der Waals surface area contributed by atoms with E-state index < -0.39 is 0 Å². The molecule has 0 saturated carbocycles. The van der Waals surface area contributed by atoms with E-state index >= 15 is 0 Å². The Balaban J connectivity index is 1.94. The summed E-state index contributed by atoms with van der Waals surface area (Å²) in [5.41, 5.74) is 2.16. The Morgan fingerprint density at radius 1 is 1.23 bits per heavy atom. The lowest BCUT2D eigenvalue weighted by Gasteiger charge is -2.17. The van der Waals surface area contributed by atoms with E-state index in [2.05, 4.69) is 20.9 Å². The second-order valence-electron chi connectivity index (χ2n) is 5.10. The van der Waals surface area contributed by atoms with Gasteiger partial charge in [-0.2, -0.15) is 0 Å². The first-order valence-electron chi connectivity index (χ1n) is 7.07. The fourth-order valence-corrected chi connectivity index (χ4v) is 2.85. The van der Waals surface area contributed by atoms with Crippen LogP contribution in [0.4, 0.5) is 11.4 Å². The molecule has 2 aromatic rings. The fraction of sp³-hybridized carbons (Fsp3) is 0.176. The molecule has 1 heterocycles. The van der Waals surface area contributed by atoms with Crippen LogP contribution in [-0.4, -0.2) is 23.8 Å². The van der Waals surface area contributed by atoms with Gasteiger partial charge in [0.2, 0.25) is 5.91 Å². The predicted octanol–water partition coefficient (Wildman–Crippen LogP) is 4.03. The zero-order valence-electron chi connectivity index (χ0n) is 11.9. The average Bonchev–Trinajstić information content (AvgIpc) is 2.94. The molecule has 4 nitrogen and oxygen atoms in total. The molecule has 2 aromatic carbocycles. The van der Waals surface area contributed by atoms with Gasteiger partial charge in [-0.05, 0) is 36.8 Å².